The van der Waals surface area contributed by atoms with E-state index >= 15 is 0 Å². The molecule has 0 spiro atoms. The van der Waals surface area contributed by atoms with Crippen LogP contribution in [0, 0.1) is 5.82 Å². The van der Waals surface area contributed by atoms with E-state index in [1.807, 2.05) is 0 Å². The molecule has 0 bridgehead atoms. The predicted molar refractivity (Wildman–Crippen MR) is 45.6 cm³/mol. The Morgan fingerprint density at radius 3 is 2.75 bits per heavy atom. The van der Waals surface area contributed by atoms with Crippen LogP contribution < -0.4 is 0 Å². The van der Waals surface area contributed by atoms with Crippen molar-refractivity contribution in [2.45, 2.75) is 0 Å². The lowest BCUT2D eigenvalue weighted by Crippen LogP contribution is -1.95. The van der Waals surface area contributed by atoms with Crippen LogP contribution in [0.2, 0.25) is 5.02 Å². The van der Waals surface area contributed by atoms with Gasteiger partial charge in [-0.3, -0.25) is 0 Å². The fourth-order valence-corrected chi connectivity index (χ4v) is 1.04. The fraction of sp³-hybridized carbons (Fsp3) is 0. The summed E-state index contributed by atoms with van der Waals surface area (Å²) in [5.74, 6) is -0.693. The van der Waals surface area contributed by atoms with Crippen LogP contribution in [0.25, 0.3) is 0 Å². The molecule has 0 saturated heterocycles. The minimum absolute atomic E-state index is 0.0216. The zero-order valence-electron chi connectivity index (χ0n) is 5.76. The standard InChI is InChI=1S/C7H4Cl2FNO/c8-5-3-1-2-4(6(5)10)7(9)11-12/h1-3,12H/b11-7-. The summed E-state index contributed by atoms with van der Waals surface area (Å²) in [4.78, 5) is 0. The molecular formula is C7H4Cl2FNO. The smallest absolute Gasteiger partial charge is 0.178 e. The molecule has 1 N–H and O–H groups in total. The first-order valence-electron chi connectivity index (χ1n) is 2.98. The highest BCUT2D eigenvalue weighted by atomic mass is 35.5. The van der Waals surface area contributed by atoms with E-state index in [0.717, 1.165) is 0 Å². The van der Waals surface area contributed by atoms with Crippen molar-refractivity contribution in [2.75, 3.05) is 0 Å². The molecule has 5 heteroatoms. The van der Waals surface area contributed by atoms with Gasteiger partial charge < -0.3 is 5.21 Å². The molecule has 0 aliphatic heterocycles. The normalized spacial score (nSPS) is 11.8. The molecule has 2 nitrogen and oxygen atoms in total. The quantitative estimate of drug-likeness (QED) is 0.429. The van der Waals surface area contributed by atoms with E-state index in [2.05, 4.69) is 5.16 Å². The summed E-state index contributed by atoms with van der Waals surface area (Å²) < 4.78 is 13.0. The van der Waals surface area contributed by atoms with Gasteiger partial charge in [0, 0.05) is 0 Å². The fourth-order valence-electron chi connectivity index (χ4n) is 0.717. The summed E-state index contributed by atoms with van der Waals surface area (Å²) in [6, 6.07) is 4.25. The van der Waals surface area contributed by atoms with Gasteiger partial charge in [0.25, 0.3) is 0 Å². The molecule has 0 aromatic heterocycles. The molecule has 1 rings (SSSR count). The number of hydrogen-bond acceptors (Lipinski definition) is 2. The monoisotopic (exact) mass is 207 g/mol. The van der Waals surface area contributed by atoms with Gasteiger partial charge in [-0.1, -0.05) is 34.4 Å². The average molecular weight is 208 g/mol. The van der Waals surface area contributed by atoms with Crippen molar-refractivity contribution < 1.29 is 9.60 Å². The number of oxime groups is 1. The number of halogens is 3. The molecule has 0 fully saturated rings. The molecule has 12 heavy (non-hydrogen) atoms. The topological polar surface area (TPSA) is 32.6 Å². The Balaban J connectivity index is 3.26. The average Bonchev–Trinajstić information content (AvgIpc) is 2.08. The molecule has 0 atom stereocenters. The van der Waals surface area contributed by atoms with E-state index in [9.17, 15) is 4.39 Å². The molecule has 0 unspecified atom stereocenters. The number of nitrogens with zero attached hydrogens (tertiary/aromatic N) is 1. The Labute approximate surface area is 78.2 Å². The maximum atomic E-state index is 13.0. The molecular weight excluding hydrogens is 204 g/mol. The molecule has 1 aromatic rings. The van der Waals surface area contributed by atoms with Gasteiger partial charge in [0.2, 0.25) is 0 Å². The lowest BCUT2D eigenvalue weighted by molar-refractivity contribution is 0.320. The van der Waals surface area contributed by atoms with Gasteiger partial charge in [0.05, 0.1) is 10.6 Å². The third-order valence-corrected chi connectivity index (χ3v) is 1.83. The van der Waals surface area contributed by atoms with Gasteiger partial charge in [-0.15, -0.1) is 0 Å². The van der Waals surface area contributed by atoms with E-state index in [4.69, 9.17) is 28.4 Å². The summed E-state index contributed by atoms with van der Waals surface area (Å²) >= 11 is 10.8. The zero-order chi connectivity index (χ0) is 9.14. The lowest BCUT2D eigenvalue weighted by atomic mass is 10.2. The maximum Gasteiger partial charge on any atom is 0.178 e. The maximum absolute atomic E-state index is 13.0. The van der Waals surface area contributed by atoms with Gasteiger partial charge >= 0.3 is 0 Å². The Hall–Kier alpha value is -0.800. The largest absolute Gasteiger partial charge is 0.410 e. The predicted octanol–water partition coefficient (Wildman–Crippen LogP) is 2.85. The third-order valence-electron chi connectivity index (χ3n) is 1.26. The Kier molecular flexibility index (Phi) is 2.89. The van der Waals surface area contributed by atoms with Crippen molar-refractivity contribution in [2.24, 2.45) is 5.16 Å². The van der Waals surface area contributed by atoms with E-state index in [-0.39, 0.29) is 15.8 Å². The molecule has 0 aliphatic rings. The summed E-state index contributed by atoms with van der Waals surface area (Å²) in [5, 5.41) is 10.5. The Morgan fingerprint density at radius 2 is 2.17 bits per heavy atom. The highest BCUT2D eigenvalue weighted by molar-refractivity contribution is 6.69. The summed E-state index contributed by atoms with van der Waals surface area (Å²) in [6.07, 6.45) is 0. The van der Waals surface area contributed by atoms with E-state index in [0.29, 0.717) is 0 Å². The molecule has 1 aromatic carbocycles. The van der Waals surface area contributed by atoms with Gasteiger partial charge in [-0.2, -0.15) is 0 Å². The number of hydrogen-bond donors (Lipinski definition) is 1. The van der Waals surface area contributed by atoms with Crippen LogP contribution in [0.4, 0.5) is 4.39 Å². The minimum Gasteiger partial charge on any atom is -0.410 e. The minimum atomic E-state index is -0.693. The third kappa shape index (κ3) is 1.68. The van der Waals surface area contributed by atoms with Crippen molar-refractivity contribution in [1.82, 2.24) is 0 Å². The van der Waals surface area contributed by atoms with Crippen LogP contribution in [0.3, 0.4) is 0 Å². The Bertz CT molecular complexity index is 327. The first-order valence-corrected chi connectivity index (χ1v) is 3.74. The lowest BCUT2D eigenvalue weighted by Gasteiger charge is -1.99. The second-order valence-corrected chi connectivity index (χ2v) is 2.76. The van der Waals surface area contributed by atoms with Crippen LogP contribution in [0.1, 0.15) is 5.56 Å². The molecule has 0 aliphatic carbocycles. The summed E-state index contributed by atoms with van der Waals surface area (Å²) in [7, 11) is 0. The van der Waals surface area contributed by atoms with Crippen molar-refractivity contribution in [1.29, 1.82) is 0 Å². The van der Waals surface area contributed by atoms with Crippen LogP contribution in [0.15, 0.2) is 23.4 Å². The molecule has 0 saturated carbocycles. The molecule has 0 amide bonds. The Morgan fingerprint density at radius 1 is 1.50 bits per heavy atom. The van der Waals surface area contributed by atoms with E-state index in [1.165, 1.54) is 18.2 Å². The van der Waals surface area contributed by atoms with Gasteiger partial charge in [0.15, 0.2) is 11.0 Å². The van der Waals surface area contributed by atoms with Gasteiger partial charge in [0.1, 0.15) is 0 Å². The van der Waals surface area contributed by atoms with Crippen LogP contribution in [-0.4, -0.2) is 10.4 Å². The molecule has 0 radical (unpaired) electrons. The number of rotatable bonds is 1. The second-order valence-electron chi connectivity index (χ2n) is 1.99. The van der Waals surface area contributed by atoms with Crippen molar-refractivity contribution in [3.05, 3.63) is 34.6 Å². The SMILES string of the molecule is O/N=C(\Cl)c1cccc(Cl)c1F. The highest BCUT2D eigenvalue weighted by Gasteiger charge is 2.09. The van der Waals surface area contributed by atoms with Crippen LogP contribution in [0.5, 0.6) is 0 Å². The van der Waals surface area contributed by atoms with Crippen molar-refractivity contribution in [3.63, 3.8) is 0 Å². The second kappa shape index (κ2) is 3.74. The zero-order valence-corrected chi connectivity index (χ0v) is 7.27. The van der Waals surface area contributed by atoms with E-state index < -0.39 is 5.82 Å². The van der Waals surface area contributed by atoms with Gasteiger partial charge in [-0.05, 0) is 12.1 Å². The number of benzene rings is 1. The van der Waals surface area contributed by atoms with E-state index in [1.54, 1.807) is 0 Å². The van der Waals surface area contributed by atoms with Crippen molar-refractivity contribution in [3.8, 4) is 0 Å². The highest BCUT2D eigenvalue weighted by Crippen LogP contribution is 2.19. The molecule has 64 valence electrons. The van der Waals surface area contributed by atoms with Gasteiger partial charge in [-0.25, -0.2) is 4.39 Å². The summed E-state index contributed by atoms with van der Waals surface area (Å²) in [5.41, 5.74) is -0.0216. The molecule has 0 heterocycles. The van der Waals surface area contributed by atoms with Crippen molar-refractivity contribution >= 4 is 28.4 Å². The van der Waals surface area contributed by atoms with Crippen LogP contribution in [-0.2, 0) is 0 Å². The summed E-state index contributed by atoms with van der Waals surface area (Å²) in [6.45, 7) is 0. The first-order chi connectivity index (χ1) is 5.66. The first kappa shape index (κ1) is 9.29. The van der Waals surface area contributed by atoms with Crippen LogP contribution >= 0.6 is 23.2 Å².